The third-order valence-corrected chi connectivity index (χ3v) is 4.29. The molecule has 5 nitrogen and oxygen atoms in total. The molecule has 2 aromatic rings. The lowest BCUT2D eigenvalue weighted by Gasteiger charge is -2.08. The molecule has 0 fully saturated rings. The minimum absolute atomic E-state index is 0.326. The molecule has 0 bridgehead atoms. The monoisotopic (exact) mass is 347 g/mol. The van der Waals surface area contributed by atoms with Crippen LogP contribution < -0.4 is 16.6 Å². The van der Waals surface area contributed by atoms with E-state index in [9.17, 15) is 4.79 Å². The molecule has 0 unspecified atom stereocenters. The summed E-state index contributed by atoms with van der Waals surface area (Å²) >= 11 is 6.66. The molecule has 2 aromatic carbocycles. The SMILES string of the molecule is COC(=O)c1ccc(CSc2cccc(NC(=S)NN)c2)cc1. The number of nitrogens with two attached hydrogens (primary N) is 1. The number of ether oxygens (including phenoxy) is 1. The van der Waals surface area contributed by atoms with Crippen LogP contribution in [0.2, 0.25) is 0 Å². The Morgan fingerprint density at radius 1 is 1.26 bits per heavy atom. The first-order valence-electron chi connectivity index (χ1n) is 6.80. The van der Waals surface area contributed by atoms with Crippen molar-refractivity contribution in [2.24, 2.45) is 5.84 Å². The summed E-state index contributed by atoms with van der Waals surface area (Å²) < 4.78 is 4.68. The molecule has 0 aliphatic rings. The van der Waals surface area contributed by atoms with Gasteiger partial charge >= 0.3 is 5.97 Å². The molecule has 0 aromatic heterocycles. The summed E-state index contributed by atoms with van der Waals surface area (Å²) in [6, 6.07) is 15.3. The van der Waals surface area contributed by atoms with E-state index in [4.69, 9.17) is 18.1 Å². The van der Waals surface area contributed by atoms with E-state index in [1.165, 1.54) is 7.11 Å². The van der Waals surface area contributed by atoms with Gasteiger partial charge in [-0.2, -0.15) is 0 Å². The minimum Gasteiger partial charge on any atom is -0.465 e. The molecular formula is C16H17N3O2S2. The molecule has 0 saturated carbocycles. The molecule has 0 radical (unpaired) electrons. The van der Waals surface area contributed by atoms with E-state index >= 15 is 0 Å². The van der Waals surface area contributed by atoms with Crippen LogP contribution in [-0.2, 0) is 10.5 Å². The van der Waals surface area contributed by atoms with Crippen molar-refractivity contribution >= 4 is 40.7 Å². The van der Waals surface area contributed by atoms with Gasteiger partial charge in [0.25, 0.3) is 0 Å². The van der Waals surface area contributed by atoms with Crippen LogP contribution in [0.3, 0.4) is 0 Å². The number of anilines is 1. The molecule has 0 aliphatic carbocycles. The number of hydrazine groups is 1. The van der Waals surface area contributed by atoms with E-state index in [1.807, 2.05) is 36.4 Å². The fourth-order valence-corrected chi connectivity index (χ4v) is 2.88. The van der Waals surface area contributed by atoms with Gasteiger partial charge < -0.3 is 15.5 Å². The molecule has 0 saturated heterocycles. The van der Waals surface area contributed by atoms with Crippen LogP contribution in [0.1, 0.15) is 15.9 Å². The standard InChI is InChI=1S/C16H17N3O2S2/c1-21-15(20)12-7-5-11(6-8-12)10-23-14-4-2-3-13(9-14)18-16(22)19-17/h2-9H,10,17H2,1H3,(H2,18,19,22). The molecule has 120 valence electrons. The average molecular weight is 347 g/mol. The molecule has 0 atom stereocenters. The van der Waals surface area contributed by atoms with Crippen LogP contribution in [0, 0.1) is 0 Å². The lowest BCUT2D eigenvalue weighted by molar-refractivity contribution is 0.0600. The zero-order valence-electron chi connectivity index (χ0n) is 12.5. The number of thioether (sulfide) groups is 1. The predicted octanol–water partition coefficient (Wildman–Crippen LogP) is 2.93. The Kier molecular flexibility index (Phi) is 6.40. The second kappa shape index (κ2) is 8.52. The highest BCUT2D eigenvalue weighted by atomic mass is 32.2. The summed E-state index contributed by atoms with van der Waals surface area (Å²) in [4.78, 5) is 12.5. The lowest BCUT2D eigenvalue weighted by atomic mass is 10.1. The largest absolute Gasteiger partial charge is 0.465 e. The van der Waals surface area contributed by atoms with E-state index in [0.717, 1.165) is 21.9 Å². The van der Waals surface area contributed by atoms with Gasteiger partial charge in [-0.3, -0.25) is 0 Å². The first-order chi connectivity index (χ1) is 11.1. The van der Waals surface area contributed by atoms with Crippen LogP contribution >= 0.6 is 24.0 Å². The normalized spacial score (nSPS) is 10.0. The van der Waals surface area contributed by atoms with E-state index < -0.39 is 0 Å². The van der Waals surface area contributed by atoms with Crippen molar-refractivity contribution in [1.82, 2.24) is 5.43 Å². The molecule has 7 heteroatoms. The smallest absolute Gasteiger partial charge is 0.337 e. The Labute approximate surface area is 144 Å². The Hall–Kier alpha value is -2.09. The van der Waals surface area contributed by atoms with E-state index in [0.29, 0.717) is 10.7 Å². The van der Waals surface area contributed by atoms with Gasteiger partial charge in [-0.1, -0.05) is 18.2 Å². The summed E-state index contributed by atoms with van der Waals surface area (Å²) in [5, 5.41) is 3.35. The van der Waals surface area contributed by atoms with Gasteiger partial charge in [0, 0.05) is 16.3 Å². The van der Waals surface area contributed by atoms with Crippen LogP contribution in [-0.4, -0.2) is 18.2 Å². The highest BCUT2D eigenvalue weighted by Gasteiger charge is 2.05. The van der Waals surface area contributed by atoms with Gasteiger partial charge in [0.2, 0.25) is 0 Å². The quantitative estimate of drug-likeness (QED) is 0.252. The van der Waals surface area contributed by atoms with Crippen LogP contribution in [0.4, 0.5) is 5.69 Å². The summed E-state index contributed by atoms with van der Waals surface area (Å²) in [5.74, 6) is 5.71. The fourth-order valence-electron chi connectivity index (χ4n) is 1.85. The number of thiocarbonyl (C=S) groups is 1. The van der Waals surface area contributed by atoms with Crippen LogP contribution in [0.15, 0.2) is 53.4 Å². The maximum atomic E-state index is 11.4. The van der Waals surface area contributed by atoms with Crippen molar-refractivity contribution in [3.8, 4) is 0 Å². The third-order valence-electron chi connectivity index (χ3n) is 3.00. The number of carbonyl (C=O) groups is 1. The van der Waals surface area contributed by atoms with E-state index in [1.54, 1.807) is 23.9 Å². The third kappa shape index (κ3) is 5.24. The number of methoxy groups -OCH3 is 1. The summed E-state index contributed by atoms with van der Waals surface area (Å²) in [6.07, 6.45) is 0. The first-order valence-corrected chi connectivity index (χ1v) is 8.19. The van der Waals surface area contributed by atoms with E-state index in [-0.39, 0.29) is 5.97 Å². The second-order valence-electron chi connectivity index (χ2n) is 4.60. The Balaban J connectivity index is 1.96. The molecular weight excluding hydrogens is 330 g/mol. The van der Waals surface area contributed by atoms with Gasteiger partial charge in [-0.05, 0) is 48.1 Å². The second-order valence-corrected chi connectivity index (χ2v) is 6.06. The van der Waals surface area contributed by atoms with Crippen molar-refractivity contribution in [3.63, 3.8) is 0 Å². The minimum atomic E-state index is -0.326. The summed E-state index contributed by atoms with van der Waals surface area (Å²) in [6.45, 7) is 0. The fraction of sp³-hybridized carbons (Fsp3) is 0.125. The Morgan fingerprint density at radius 3 is 2.65 bits per heavy atom. The Morgan fingerprint density at radius 2 is 2.00 bits per heavy atom. The van der Waals surface area contributed by atoms with Gasteiger partial charge in [0.05, 0.1) is 12.7 Å². The van der Waals surface area contributed by atoms with E-state index in [2.05, 4.69) is 15.5 Å². The average Bonchev–Trinajstić information content (AvgIpc) is 2.60. The summed E-state index contributed by atoms with van der Waals surface area (Å²) in [5.41, 5.74) is 4.94. The molecule has 2 rings (SSSR count). The van der Waals surface area contributed by atoms with Crippen molar-refractivity contribution in [2.75, 3.05) is 12.4 Å². The number of hydrogen-bond acceptors (Lipinski definition) is 5. The number of nitrogens with one attached hydrogen (secondary N) is 2. The topological polar surface area (TPSA) is 76.4 Å². The number of rotatable bonds is 5. The zero-order valence-corrected chi connectivity index (χ0v) is 14.2. The van der Waals surface area contributed by atoms with Crippen molar-refractivity contribution < 1.29 is 9.53 Å². The van der Waals surface area contributed by atoms with Gasteiger partial charge in [-0.25, -0.2) is 10.6 Å². The zero-order chi connectivity index (χ0) is 16.7. The molecule has 0 aliphatic heterocycles. The molecule has 0 heterocycles. The highest BCUT2D eigenvalue weighted by molar-refractivity contribution is 7.98. The number of carbonyl (C=O) groups excluding carboxylic acids is 1. The molecule has 4 N–H and O–H groups in total. The van der Waals surface area contributed by atoms with Crippen LogP contribution in [0.25, 0.3) is 0 Å². The highest BCUT2D eigenvalue weighted by Crippen LogP contribution is 2.25. The molecule has 0 spiro atoms. The lowest BCUT2D eigenvalue weighted by Crippen LogP contribution is -2.34. The van der Waals surface area contributed by atoms with Gasteiger partial charge in [0.15, 0.2) is 5.11 Å². The number of benzene rings is 2. The number of esters is 1. The predicted molar refractivity (Wildman–Crippen MR) is 97.3 cm³/mol. The number of hydrogen-bond donors (Lipinski definition) is 3. The summed E-state index contributed by atoms with van der Waals surface area (Å²) in [7, 11) is 1.37. The van der Waals surface area contributed by atoms with Gasteiger partial charge in [0.1, 0.15) is 0 Å². The Bertz CT molecular complexity index is 690. The van der Waals surface area contributed by atoms with Crippen LogP contribution in [0.5, 0.6) is 0 Å². The molecule has 0 amide bonds. The van der Waals surface area contributed by atoms with Crippen molar-refractivity contribution in [3.05, 3.63) is 59.7 Å². The maximum absolute atomic E-state index is 11.4. The first kappa shape index (κ1) is 17.3. The van der Waals surface area contributed by atoms with Crippen molar-refractivity contribution in [1.29, 1.82) is 0 Å². The maximum Gasteiger partial charge on any atom is 0.337 e. The van der Waals surface area contributed by atoms with Crippen molar-refractivity contribution in [2.45, 2.75) is 10.6 Å². The van der Waals surface area contributed by atoms with Gasteiger partial charge in [-0.15, -0.1) is 11.8 Å². The molecule has 23 heavy (non-hydrogen) atoms.